The van der Waals surface area contributed by atoms with Gasteiger partial charge >= 0.3 is 0 Å². The zero-order valence-corrected chi connectivity index (χ0v) is 19.5. The number of benzene rings is 2. The fourth-order valence-electron chi connectivity index (χ4n) is 3.40. The summed E-state index contributed by atoms with van der Waals surface area (Å²) in [5.74, 6) is 0.607. The summed E-state index contributed by atoms with van der Waals surface area (Å²) in [7, 11) is -1.17. The SMILES string of the molecule is C[Si](C)(C)CCOCn1c(CO)nc2c1-c1cc(Cl)ccc1Sc1ccccc1-2. The molecule has 0 saturated heterocycles. The van der Waals surface area contributed by atoms with Crippen LogP contribution in [0.5, 0.6) is 0 Å². The lowest BCUT2D eigenvalue weighted by molar-refractivity contribution is 0.0828. The molecular weight excluding hydrogens is 420 g/mol. The Labute approximate surface area is 181 Å². The Balaban J connectivity index is 1.82. The molecule has 2 aromatic carbocycles. The molecule has 1 aromatic heterocycles. The normalized spacial score (nSPS) is 12.9. The average Bonchev–Trinajstić information content (AvgIpc) is 2.98. The predicted molar refractivity (Wildman–Crippen MR) is 122 cm³/mol. The van der Waals surface area contributed by atoms with Crippen molar-refractivity contribution in [2.24, 2.45) is 0 Å². The predicted octanol–water partition coefficient (Wildman–Crippen LogP) is 6.14. The summed E-state index contributed by atoms with van der Waals surface area (Å²) in [6, 6.07) is 15.3. The molecule has 3 aromatic rings. The molecule has 4 nitrogen and oxygen atoms in total. The van der Waals surface area contributed by atoms with Crippen LogP contribution in [-0.2, 0) is 18.1 Å². The maximum absolute atomic E-state index is 10.0. The summed E-state index contributed by atoms with van der Waals surface area (Å²) >= 11 is 8.08. The van der Waals surface area contributed by atoms with E-state index in [9.17, 15) is 5.11 Å². The summed E-state index contributed by atoms with van der Waals surface area (Å²) in [5, 5.41) is 10.7. The summed E-state index contributed by atoms with van der Waals surface area (Å²) < 4.78 is 8.04. The molecule has 0 fully saturated rings. The van der Waals surface area contributed by atoms with Crippen LogP contribution in [0.1, 0.15) is 5.82 Å². The van der Waals surface area contributed by atoms with Gasteiger partial charge in [0.05, 0.1) is 11.4 Å². The minimum atomic E-state index is -1.17. The van der Waals surface area contributed by atoms with Gasteiger partial charge in [-0.1, -0.05) is 61.2 Å². The first kappa shape index (κ1) is 20.7. The van der Waals surface area contributed by atoms with Gasteiger partial charge in [-0.25, -0.2) is 4.98 Å². The first-order valence-corrected chi connectivity index (χ1v) is 14.6. The molecule has 152 valence electrons. The number of hydrogen-bond acceptors (Lipinski definition) is 4. The summed E-state index contributed by atoms with van der Waals surface area (Å²) in [6.07, 6.45) is 0. The molecule has 29 heavy (non-hydrogen) atoms. The van der Waals surface area contributed by atoms with Crippen molar-refractivity contribution in [1.82, 2.24) is 9.55 Å². The molecule has 0 aliphatic carbocycles. The molecule has 0 spiro atoms. The van der Waals surface area contributed by atoms with Crippen LogP contribution in [0.4, 0.5) is 0 Å². The second-order valence-electron chi connectivity index (χ2n) is 8.40. The van der Waals surface area contributed by atoms with Crippen molar-refractivity contribution in [2.75, 3.05) is 6.61 Å². The van der Waals surface area contributed by atoms with Gasteiger partial charge in [0.15, 0.2) is 0 Å². The van der Waals surface area contributed by atoms with Gasteiger partial charge in [-0.2, -0.15) is 0 Å². The molecule has 7 heteroatoms. The highest BCUT2D eigenvalue weighted by atomic mass is 35.5. The Bertz CT molecular complexity index is 1050. The second kappa shape index (κ2) is 8.28. The Morgan fingerprint density at radius 2 is 1.86 bits per heavy atom. The van der Waals surface area contributed by atoms with Crippen LogP contribution in [0.3, 0.4) is 0 Å². The lowest BCUT2D eigenvalue weighted by Crippen LogP contribution is -2.22. The van der Waals surface area contributed by atoms with E-state index in [2.05, 4.69) is 37.8 Å². The zero-order chi connectivity index (χ0) is 20.6. The number of aliphatic hydroxyl groups is 1. The molecule has 1 aliphatic rings. The number of rotatable bonds is 6. The Kier molecular flexibility index (Phi) is 5.91. The smallest absolute Gasteiger partial charge is 0.137 e. The van der Waals surface area contributed by atoms with E-state index in [4.69, 9.17) is 21.3 Å². The molecular formula is C22H25ClN2O2SSi. The van der Waals surface area contributed by atoms with Gasteiger partial charge in [0.25, 0.3) is 0 Å². The van der Waals surface area contributed by atoms with Crippen molar-refractivity contribution < 1.29 is 9.84 Å². The average molecular weight is 445 g/mol. The molecule has 0 saturated carbocycles. The highest BCUT2D eigenvalue weighted by Gasteiger charge is 2.27. The highest BCUT2D eigenvalue weighted by Crippen LogP contribution is 2.48. The molecule has 4 rings (SSSR count). The maximum atomic E-state index is 10.0. The zero-order valence-electron chi connectivity index (χ0n) is 16.9. The first-order chi connectivity index (χ1) is 13.9. The minimum Gasteiger partial charge on any atom is -0.388 e. The van der Waals surface area contributed by atoms with Crippen molar-refractivity contribution in [3.8, 4) is 22.5 Å². The molecule has 0 atom stereocenters. The van der Waals surface area contributed by atoms with E-state index in [1.807, 2.05) is 28.8 Å². The van der Waals surface area contributed by atoms with Crippen LogP contribution in [0.25, 0.3) is 22.5 Å². The molecule has 0 unspecified atom stereocenters. The number of fused-ring (bicyclic) bond motifs is 5. The van der Waals surface area contributed by atoms with Crippen LogP contribution >= 0.6 is 23.4 Å². The standard InChI is InChI=1S/C22H25ClN2O2SSi/c1-29(2,3)11-10-27-14-25-20(13-26)24-21-16-6-4-5-7-18(16)28-19-9-8-15(23)12-17(19)22(21)25/h4-9,12,26H,10-11,13-14H2,1-3H3. The third kappa shape index (κ3) is 4.32. The van der Waals surface area contributed by atoms with Crippen molar-refractivity contribution >= 4 is 31.4 Å². The van der Waals surface area contributed by atoms with E-state index >= 15 is 0 Å². The van der Waals surface area contributed by atoms with Crippen LogP contribution in [-0.4, -0.2) is 29.3 Å². The third-order valence-corrected chi connectivity index (χ3v) is 8.05. The molecule has 0 bridgehead atoms. The van der Waals surface area contributed by atoms with Gasteiger partial charge in [0, 0.05) is 40.6 Å². The molecule has 0 amide bonds. The number of halogens is 1. The number of imidazole rings is 1. The molecule has 1 aliphatic heterocycles. The molecule has 0 radical (unpaired) electrons. The van der Waals surface area contributed by atoms with Crippen LogP contribution < -0.4 is 0 Å². The van der Waals surface area contributed by atoms with Crippen molar-refractivity contribution in [3.05, 3.63) is 53.3 Å². The highest BCUT2D eigenvalue weighted by molar-refractivity contribution is 7.99. The number of aliphatic hydroxyl groups excluding tert-OH is 1. The van der Waals surface area contributed by atoms with Crippen molar-refractivity contribution in [1.29, 1.82) is 0 Å². The van der Waals surface area contributed by atoms with E-state index in [-0.39, 0.29) is 6.61 Å². The lowest BCUT2D eigenvalue weighted by atomic mass is 10.0. The maximum Gasteiger partial charge on any atom is 0.137 e. The van der Waals surface area contributed by atoms with Crippen LogP contribution in [0.15, 0.2) is 52.3 Å². The number of ether oxygens (including phenoxy) is 1. The summed E-state index contributed by atoms with van der Waals surface area (Å²) in [4.78, 5) is 7.07. The summed E-state index contributed by atoms with van der Waals surface area (Å²) in [6.45, 7) is 7.94. The van der Waals surface area contributed by atoms with Crippen LogP contribution in [0.2, 0.25) is 30.7 Å². The fraction of sp³-hybridized carbons (Fsp3) is 0.318. The number of aromatic nitrogens is 2. The van der Waals surface area contributed by atoms with E-state index in [0.717, 1.165) is 38.3 Å². The van der Waals surface area contributed by atoms with Crippen molar-refractivity contribution in [2.45, 2.75) is 48.8 Å². The lowest BCUT2D eigenvalue weighted by Gasteiger charge is -2.17. The van der Waals surface area contributed by atoms with E-state index in [1.165, 1.54) is 0 Å². The second-order valence-corrected chi connectivity index (χ2v) is 15.5. The minimum absolute atomic E-state index is 0.143. The molecule has 1 N–H and O–H groups in total. The van der Waals surface area contributed by atoms with E-state index < -0.39 is 8.07 Å². The van der Waals surface area contributed by atoms with E-state index in [0.29, 0.717) is 24.2 Å². The number of nitrogens with zero attached hydrogens (tertiary/aromatic N) is 2. The van der Waals surface area contributed by atoms with Gasteiger partial charge in [-0.15, -0.1) is 0 Å². The van der Waals surface area contributed by atoms with Gasteiger partial charge in [0.1, 0.15) is 19.2 Å². The Hall–Kier alpha value is -1.57. The van der Waals surface area contributed by atoms with Gasteiger partial charge in [0.2, 0.25) is 0 Å². The van der Waals surface area contributed by atoms with Gasteiger partial charge < -0.3 is 14.4 Å². The van der Waals surface area contributed by atoms with Crippen LogP contribution in [0, 0.1) is 0 Å². The topological polar surface area (TPSA) is 47.3 Å². The largest absolute Gasteiger partial charge is 0.388 e. The third-order valence-electron chi connectivity index (χ3n) is 4.96. The summed E-state index contributed by atoms with van der Waals surface area (Å²) in [5.41, 5.74) is 3.91. The van der Waals surface area contributed by atoms with Crippen molar-refractivity contribution in [3.63, 3.8) is 0 Å². The monoisotopic (exact) mass is 444 g/mol. The van der Waals surface area contributed by atoms with Gasteiger partial charge in [-0.05, 0) is 30.3 Å². The van der Waals surface area contributed by atoms with E-state index in [1.54, 1.807) is 11.8 Å². The molecule has 2 heterocycles. The Morgan fingerprint density at radius 3 is 2.62 bits per heavy atom. The van der Waals surface area contributed by atoms with Gasteiger partial charge in [-0.3, -0.25) is 0 Å². The quantitative estimate of drug-likeness (QED) is 0.286. The Morgan fingerprint density at radius 1 is 1.10 bits per heavy atom. The number of hydrogen-bond donors (Lipinski definition) is 1. The first-order valence-electron chi connectivity index (χ1n) is 9.72. The fourth-order valence-corrected chi connectivity index (χ4v) is 5.39.